The molecule has 1 aliphatic heterocycles. The average Bonchev–Trinajstić information content (AvgIpc) is 2.52. The Hall–Kier alpha value is -1.37. The van der Waals surface area contributed by atoms with Crippen molar-refractivity contribution in [1.29, 1.82) is 0 Å². The third-order valence-electron chi connectivity index (χ3n) is 4.88. The van der Waals surface area contributed by atoms with E-state index in [-0.39, 0.29) is 0 Å². The maximum Gasteiger partial charge on any atom is 0.208 e. The van der Waals surface area contributed by atoms with Crippen molar-refractivity contribution < 1.29 is 4.57 Å². The van der Waals surface area contributed by atoms with Gasteiger partial charge in [0, 0.05) is 29.2 Å². The highest BCUT2D eigenvalue weighted by Crippen LogP contribution is 2.19. The lowest BCUT2D eigenvalue weighted by Crippen LogP contribution is -2.45. The van der Waals surface area contributed by atoms with Gasteiger partial charge in [0.15, 0.2) is 6.54 Å². The predicted molar refractivity (Wildman–Crippen MR) is 101 cm³/mol. The molecule has 0 saturated heterocycles. The maximum atomic E-state index is 2.51. The monoisotopic (exact) mass is 312 g/mol. The van der Waals surface area contributed by atoms with Gasteiger partial charge < -0.3 is 0 Å². The van der Waals surface area contributed by atoms with Gasteiger partial charge >= 0.3 is 0 Å². The molecular formula is C22H34N+. The fraction of sp³-hybridized carbons (Fsp3) is 0.591. The van der Waals surface area contributed by atoms with Crippen molar-refractivity contribution >= 4 is 12.2 Å². The van der Waals surface area contributed by atoms with E-state index in [1.807, 2.05) is 0 Å². The van der Waals surface area contributed by atoms with E-state index in [9.17, 15) is 0 Å². The summed E-state index contributed by atoms with van der Waals surface area (Å²) in [5.74, 6) is 0.624. The van der Waals surface area contributed by atoms with Gasteiger partial charge in [0.25, 0.3) is 0 Å². The highest BCUT2D eigenvalue weighted by Gasteiger charge is 2.23. The number of fused-ring (bicyclic) bond motifs is 1. The molecule has 23 heavy (non-hydrogen) atoms. The molecule has 1 atom stereocenters. The van der Waals surface area contributed by atoms with Crippen LogP contribution in [0.25, 0.3) is 12.2 Å². The first-order valence-electron chi connectivity index (χ1n) is 9.52. The average molecular weight is 313 g/mol. The van der Waals surface area contributed by atoms with Crippen molar-refractivity contribution in [2.45, 2.75) is 79.2 Å². The largest absolute Gasteiger partial charge is 0.208 e. The summed E-state index contributed by atoms with van der Waals surface area (Å²) in [4.78, 5) is 0. The number of allylic oxidation sites excluding steroid dienone is 2. The fourth-order valence-electron chi connectivity index (χ4n) is 3.51. The second-order valence-electron chi connectivity index (χ2n) is 7.19. The Kier molecular flexibility index (Phi) is 7.08. The number of rotatable bonds is 8. The zero-order valence-corrected chi connectivity index (χ0v) is 15.6. The van der Waals surface area contributed by atoms with Gasteiger partial charge in [0.05, 0.1) is 0 Å². The molecular weight excluding hydrogens is 278 g/mol. The van der Waals surface area contributed by atoms with Crippen LogP contribution >= 0.6 is 0 Å². The highest BCUT2D eigenvalue weighted by molar-refractivity contribution is 5.53. The molecule has 2 heterocycles. The van der Waals surface area contributed by atoms with Crippen LogP contribution < -0.4 is 4.57 Å². The zero-order chi connectivity index (χ0) is 16.7. The summed E-state index contributed by atoms with van der Waals surface area (Å²) in [6.07, 6.45) is 18.8. The van der Waals surface area contributed by atoms with E-state index in [2.05, 4.69) is 62.6 Å². The van der Waals surface area contributed by atoms with E-state index in [1.54, 1.807) is 0 Å². The first-order chi connectivity index (χ1) is 11.1. The predicted octanol–water partition coefficient (Wildman–Crippen LogP) is 6.02. The molecule has 0 spiro atoms. The van der Waals surface area contributed by atoms with Crippen LogP contribution in [0.2, 0.25) is 0 Å². The van der Waals surface area contributed by atoms with Gasteiger partial charge in [-0.3, -0.25) is 0 Å². The number of unbranched alkanes of at least 4 members (excludes halogenated alkanes) is 6. The molecule has 0 N–H and O–H groups in total. The summed E-state index contributed by atoms with van der Waals surface area (Å²) in [6, 6.07) is 2.33. The number of aromatic nitrogens is 1. The van der Waals surface area contributed by atoms with Gasteiger partial charge in [-0.15, -0.1) is 0 Å². The number of aryl methyl sites for hydroxylation is 2. The third kappa shape index (κ3) is 5.06. The zero-order valence-electron chi connectivity index (χ0n) is 15.6. The van der Waals surface area contributed by atoms with Crippen LogP contribution in [0, 0.1) is 19.8 Å². The molecule has 1 heteroatoms. The van der Waals surface area contributed by atoms with E-state index < -0.39 is 0 Å². The van der Waals surface area contributed by atoms with Crippen LogP contribution in [0.4, 0.5) is 0 Å². The van der Waals surface area contributed by atoms with E-state index >= 15 is 0 Å². The first-order valence-corrected chi connectivity index (χ1v) is 9.52. The van der Waals surface area contributed by atoms with Gasteiger partial charge in [-0.1, -0.05) is 58.1 Å². The van der Waals surface area contributed by atoms with Crippen molar-refractivity contribution in [3.05, 3.63) is 40.7 Å². The molecule has 0 aliphatic carbocycles. The van der Waals surface area contributed by atoms with Crippen molar-refractivity contribution in [3.63, 3.8) is 0 Å². The second kappa shape index (κ2) is 9.05. The molecule has 0 bridgehead atoms. The number of pyridine rings is 1. The summed E-state index contributed by atoms with van der Waals surface area (Å²) in [7, 11) is 0. The van der Waals surface area contributed by atoms with Crippen molar-refractivity contribution in [2.75, 3.05) is 0 Å². The van der Waals surface area contributed by atoms with E-state index in [4.69, 9.17) is 0 Å². The Morgan fingerprint density at radius 3 is 2.61 bits per heavy atom. The lowest BCUT2D eigenvalue weighted by Gasteiger charge is -2.15. The van der Waals surface area contributed by atoms with Crippen molar-refractivity contribution in [1.82, 2.24) is 0 Å². The normalized spacial score (nSPS) is 17.0. The minimum Gasteiger partial charge on any atom is -0.191 e. The fourth-order valence-corrected chi connectivity index (χ4v) is 3.51. The van der Waals surface area contributed by atoms with Crippen LogP contribution in [0.5, 0.6) is 0 Å². The lowest BCUT2D eigenvalue weighted by atomic mass is 10.0. The molecule has 1 aromatic heterocycles. The number of hydrogen-bond acceptors (Lipinski definition) is 0. The van der Waals surface area contributed by atoms with Crippen LogP contribution in [-0.2, 0) is 6.54 Å². The van der Waals surface area contributed by atoms with Crippen LogP contribution in [-0.4, -0.2) is 0 Å². The van der Waals surface area contributed by atoms with Crippen LogP contribution in [0.15, 0.2) is 18.2 Å². The molecule has 1 aliphatic rings. The topological polar surface area (TPSA) is 3.88 Å². The Morgan fingerprint density at radius 2 is 1.83 bits per heavy atom. The van der Waals surface area contributed by atoms with Crippen molar-refractivity contribution in [2.24, 2.45) is 5.92 Å². The highest BCUT2D eigenvalue weighted by atomic mass is 15.0. The number of nitrogens with zero attached hydrogens (tertiary/aromatic N) is 1. The maximum absolute atomic E-state index is 2.51. The summed E-state index contributed by atoms with van der Waals surface area (Å²) in [5, 5.41) is 0. The quantitative estimate of drug-likeness (QED) is 0.408. The molecule has 1 aromatic rings. The molecule has 2 rings (SSSR count). The van der Waals surface area contributed by atoms with E-state index in [0.717, 1.165) is 6.54 Å². The van der Waals surface area contributed by atoms with Crippen molar-refractivity contribution in [3.8, 4) is 0 Å². The summed E-state index contributed by atoms with van der Waals surface area (Å²) >= 11 is 0. The molecule has 1 unspecified atom stereocenters. The van der Waals surface area contributed by atoms with E-state index in [1.165, 1.54) is 67.5 Å². The first kappa shape index (κ1) is 18.0. The van der Waals surface area contributed by atoms with Gasteiger partial charge in [-0.2, -0.15) is 4.57 Å². The summed E-state index contributed by atoms with van der Waals surface area (Å²) in [6.45, 7) is 10.1. The molecule has 126 valence electrons. The SMILES string of the molecule is CCCCCCCC/C=C/c1c(C)cc(C)c2[n+]1CC(C)C=C2. The minimum atomic E-state index is 0.624. The van der Waals surface area contributed by atoms with Crippen LogP contribution in [0.3, 0.4) is 0 Å². The van der Waals surface area contributed by atoms with Crippen LogP contribution in [0.1, 0.15) is 81.3 Å². The Morgan fingerprint density at radius 1 is 1.09 bits per heavy atom. The van der Waals surface area contributed by atoms with Gasteiger partial charge in [-0.25, -0.2) is 0 Å². The summed E-state index contributed by atoms with van der Waals surface area (Å²) in [5.41, 5.74) is 5.56. The molecule has 0 amide bonds. The second-order valence-corrected chi connectivity index (χ2v) is 7.19. The molecule has 0 fully saturated rings. The molecule has 0 aromatic carbocycles. The molecule has 1 nitrogen and oxygen atoms in total. The van der Waals surface area contributed by atoms with Gasteiger partial charge in [-0.05, 0) is 32.8 Å². The standard InChI is InChI=1S/C22H34N/c1-5-6-7-8-9-10-11-12-13-21-19(3)16-20(4)22-15-14-18(2)17-23(21)22/h12-16,18H,5-11,17H2,1-4H3/q+1/b13-12+. The Bertz CT molecular complexity index is 566. The minimum absolute atomic E-state index is 0.624. The van der Waals surface area contributed by atoms with E-state index in [0.29, 0.717) is 5.92 Å². The Balaban J connectivity index is 1.97. The lowest BCUT2D eigenvalue weighted by molar-refractivity contribution is -0.706. The summed E-state index contributed by atoms with van der Waals surface area (Å²) < 4.78 is 2.51. The Labute approximate surface area is 143 Å². The molecule has 0 radical (unpaired) electrons. The van der Waals surface area contributed by atoms with Gasteiger partial charge in [0.2, 0.25) is 11.4 Å². The smallest absolute Gasteiger partial charge is 0.191 e. The number of hydrogen-bond donors (Lipinski definition) is 0. The molecule has 0 saturated carbocycles. The van der Waals surface area contributed by atoms with Gasteiger partial charge in [0.1, 0.15) is 0 Å². The third-order valence-corrected chi connectivity index (χ3v) is 4.88.